The highest BCUT2D eigenvalue weighted by molar-refractivity contribution is 6.31. The van der Waals surface area contributed by atoms with E-state index in [0.29, 0.717) is 28.1 Å². The van der Waals surface area contributed by atoms with Gasteiger partial charge in [-0.25, -0.2) is 4.98 Å². The van der Waals surface area contributed by atoms with Gasteiger partial charge in [0.25, 0.3) is 5.91 Å². The molecule has 0 radical (unpaired) electrons. The number of hydrogen-bond acceptors (Lipinski definition) is 5. The summed E-state index contributed by atoms with van der Waals surface area (Å²) in [5, 5.41) is 10.0. The smallest absolute Gasteiger partial charge is 0.259 e. The van der Waals surface area contributed by atoms with Crippen molar-refractivity contribution in [1.29, 1.82) is 0 Å². The number of nitrogens with one attached hydrogen (secondary N) is 3. The van der Waals surface area contributed by atoms with E-state index in [4.69, 9.17) is 11.6 Å². The highest BCUT2D eigenvalue weighted by Crippen LogP contribution is 2.21. The van der Waals surface area contributed by atoms with E-state index in [1.165, 1.54) is 0 Å². The Bertz CT molecular complexity index is 776. The lowest BCUT2D eigenvalue weighted by Gasteiger charge is -2.32. The van der Waals surface area contributed by atoms with Crippen LogP contribution >= 0.6 is 11.6 Å². The fraction of sp³-hybridized carbons (Fsp3) is 0.478. The lowest BCUT2D eigenvalue weighted by atomic mass is 10.0. The van der Waals surface area contributed by atoms with Crippen molar-refractivity contribution in [2.75, 3.05) is 43.4 Å². The molecule has 1 aliphatic heterocycles. The van der Waals surface area contributed by atoms with Crippen molar-refractivity contribution < 1.29 is 4.79 Å². The number of aromatic nitrogens is 1. The van der Waals surface area contributed by atoms with Gasteiger partial charge >= 0.3 is 0 Å². The third-order valence-corrected chi connectivity index (χ3v) is 5.25. The summed E-state index contributed by atoms with van der Waals surface area (Å²) in [5.41, 5.74) is 1.21. The number of amides is 1. The molecule has 1 aromatic heterocycles. The second-order valence-electron chi connectivity index (χ2n) is 7.17. The number of halogens is 1. The Kier molecular flexibility index (Phi) is 10.6. The summed E-state index contributed by atoms with van der Waals surface area (Å²) >= 11 is 5.98. The first-order chi connectivity index (χ1) is 14.6. The standard InChI is InChI=1S/C19H23ClN4O.C4H11N/c1-2-24-11-8-15(9-12-24)22-18-17(7-4-10-21-18)19(25)23-16-6-3-5-14(20)13-16;1-3-5-4-2/h3-7,10,13,15H,2,8-9,11-12H2,1H3,(H,21,22)(H,23,25);5H,3-4H2,1-2H3. The van der Waals surface area contributed by atoms with Gasteiger partial charge < -0.3 is 20.9 Å². The Morgan fingerprint density at radius 2 is 1.87 bits per heavy atom. The normalized spacial score (nSPS) is 14.5. The van der Waals surface area contributed by atoms with Crippen molar-refractivity contribution in [3.05, 3.63) is 53.2 Å². The van der Waals surface area contributed by atoms with Crippen LogP contribution in [0.5, 0.6) is 0 Å². The predicted molar refractivity (Wildman–Crippen MR) is 127 cm³/mol. The summed E-state index contributed by atoms with van der Waals surface area (Å²) < 4.78 is 0. The van der Waals surface area contributed by atoms with Crippen molar-refractivity contribution in [3.63, 3.8) is 0 Å². The molecule has 3 rings (SSSR count). The van der Waals surface area contributed by atoms with Crippen LogP contribution in [0.4, 0.5) is 11.5 Å². The molecule has 0 aliphatic carbocycles. The van der Waals surface area contributed by atoms with E-state index in [9.17, 15) is 4.79 Å². The highest BCUT2D eigenvalue weighted by Gasteiger charge is 2.20. The molecule has 3 N–H and O–H groups in total. The van der Waals surface area contributed by atoms with Crippen LogP contribution in [-0.2, 0) is 0 Å². The first-order valence-corrected chi connectivity index (χ1v) is 11.2. The molecule has 0 atom stereocenters. The summed E-state index contributed by atoms with van der Waals surface area (Å²) in [5.74, 6) is 0.445. The van der Waals surface area contributed by atoms with E-state index in [2.05, 4.69) is 46.6 Å². The fourth-order valence-electron chi connectivity index (χ4n) is 3.31. The van der Waals surface area contributed by atoms with E-state index < -0.39 is 0 Å². The molecule has 1 aromatic carbocycles. The predicted octanol–water partition coefficient (Wildman–Crippen LogP) is 4.50. The molecule has 0 unspecified atom stereocenters. The molecule has 0 saturated carbocycles. The quantitative estimate of drug-likeness (QED) is 0.602. The maximum Gasteiger partial charge on any atom is 0.259 e. The molecule has 1 fully saturated rings. The molecule has 0 spiro atoms. The van der Waals surface area contributed by atoms with E-state index >= 15 is 0 Å². The Morgan fingerprint density at radius 3 is 2.47 bits per heavy atom. The van der Waals surface area contributed by atoms with Gasteiger partial charge in [0, 0.05) is 36.0 Å². The molecule has 2 aromatic rings. The van der Waals surface area contributed by atoms with Crippen LogP contribution in [-0.4, -0.2) is 54.6 Å². The van der Waals surface area contributed by atoms with Crippen LogP contribution in [0.1, 0.15) is 44.0 Å². The minimum absolute atomic E-state index is 0.191. The van der Waals surface area contributed by atoms with E-state index in [0.717, 1.165) is 45.6 Å². The number of benzene rings is 1. The Labute approximate surface area is 185 Å². The molecule has 1 amide bonds. The van der Waals surface area contributed by atoms with Gasteiger partial charge in [-0.05, 0) is 62.8 Å². The van der Waals surface area contributed by atoms with Gasteiger partial charge in [0.2, 0.25) is 0 Å². The van der Waals surface area contributed by atoms with Crippen LogP contribution in [0.15, 0.2) is 42.6 Å². The lowest BCUT2D eigenvalue weighted by Crippen LogP contribution is -2.39. The van der Waals surface area contributed by atoms with Crippen molar-refractivity contribution in [2.45, 2.75) is 39.7 Å². The molecule has 2 heterocycles. The Morgan fingerprint density at radius 1 is 1.13 bits per heavy atom. The van der Waals surface area contributed by atoms with Gasteiger partial charge in [-0.15, -0.1) is 0 Å². The third-order valence-electron chi connectivity index (χ3n) is 5.01. The largest absolute Gasteiger partial charge is 0.367 e. The Balaban J connectivity index is 0.000000575. The summed E-state index contributed by atoms with van der Waals surface area (Å²) in [6.45, 7) is 11.8. The van der Waals surface area contributed by atoms with Gasteiger partial charge in [-0.2, -0.15) is 0 Å². The lowest BCUT2D eigenvalue weighted by molar-refractivity contribution is 0.102. The highest BCUT2D eigenvalue weighted by atomic mass is 35.5. The summed E-state index contributed by atoms with van der Waals surface area (Å²) in [6.07, 6.45) is 3.82. The average Bonchev–Trinajstić information content (AvgIpc) is 2.76. The van der Waals surface area contributed by atoms with Crippen LogP contribution in [0, 0.1) is 0 Å². The number of rotatable bonds is 7. The molecule has 0 bridgehead atoms. The number of pyridine rings is 1. The molecular weight excluding hydrogens is 398 g/mol. The summed E-state index contributed by atoms with van der Waals surface area (Å²) in [7, 11) is 0. The third kappa shape index (κ3) is 7.94. The minimum atomic E-state index is -0.191. The van der Waals surface area contributed by atoms with Gasteiger partial charge in [0.05, 0.1) is 5.56 Å². The number of carbonyl (C=O) groups excluding carboxylic acids is 1. The number of hydrogen-bond donors (Lipinski definition) is 3. The van der Waals surface area contributed by atoms with Crippen LogP contribution in [0.3, 0.4) is 0 Å². The first kappa shape index (κ1) is 24.1. The van der Waals surface area contributed by atoms with Crippen molar-refractivity contribution in [2.24, 2.45) is 0 Å². The van der Waals surface area contributed by atoms with E-state index in [1.807, 2.05) is 12.1 Å². The number of carbonyl (C=O) groups is 1. The zero-order chi connectivity index (χ0) is 21.8. The molecular formula is C23H34ClN5O. The Hall–Kier alpha value is -2.15. The molecule has 1 aliphatic rings. The average molecular weight is 432 g/mol. The van der Waals surface area contributed by atoms with Crippen molar-refractivity contribution in [3.8, 4) is 0 Å². The number of anilines is 2. The minimum Gasteiger partial charge on any atom is -0.367 e. The number of piperidine rings is 1. The molecule has 164 valence electrons. The molecule has 6 nitrogen and oxygen atoms in total. The monoisotopic (exact) mass is 431 g/mol. The second kappa shape index (κ2) is 13.2. The molecule has 1 saturated heterocycles. The SMILES string of the molecule is CCN1CCC(Nc2ncccc2C(=O)Nc2cccc(Cl)c2)CC1.CCNCC. The zero-order valence-corrected chi connectivity index (χ0v) is 19.0. The van der Waals surface area contributed by atoms with Crippen LogP contribution in [0.2, 0.25) is 5.02 Å². The maximum atomic E-state index is 12.6. The first-order valence-electron chi connectivity index (χ1n) is 10.8. The molecule has 7 heteroatoms. The topological polar surface area (TPSA) is 69.3 Å². The van der Waals surface area contributed by atoms with Gasteiger partial charge in [-0.1, -0.05) is 38.4 Å². The van der Waals surface area contributed by atoms with Crippen molar-refractivity contribution >= 4 is 29.0 Å². The number of likely N-dealkylation sites (tertiary alicyclic amines) is 1. The van der Waals surface area contributed by atoms with Crippen molar-refractivity contribution in [1.82, 2.24) is 15.2 Å². The van der Waals surface area contributed by atoms with E-state index in [-0.39, 0.29) is 5.91 Å². The second-order valence-corrected chi connectivity index (χ2v) is 7.61. The van der Waals surface area contributed by atoms with Crippen LogP contribution < -0.4 is 16.0 Å². The summed E-state index contributed by atoms with van der Waals surface area (Å²) in [6, 6.07) is 11.0. The van der Waals surface area contributed by atoms with E-state index in [1.54, 1.807) is 30.5 Å². The molecule has 30 heavy (non-hydrogen) atoms. The zero-order valence-electron chi connectivity index (χ0n) is 18.2. The van der Waals surface area contributed by atoms with Gasteiger partial charge in [-0.3, -0.25) is 4.79 Å². The summed E-state index contributed by atoms with van der Waals surface area (Å²) in [4.78, 5) is 19.5. The van der Waals surface area contributed by atoms with Gasteiger partial charge in [0.15, 0.2) is 0 Å². The fourth-order valence-corrected chi connectivity index (χ4v) is 3.50. The van der Waals surface area contributed by atoms with Gasteiger partial charge in [0.1, 0.15) is 5.82 Å². The maximum absolute atomic E-state index is 12.6. The number of nitrogens with zero attached hydrogens (tertiary/aromatic N) is 2. The van der Waals surface area contributed by atoms with Crippen LogP contribution in [0.25, 0.3) is 0 Å².